The van der Waals surface area contributed by atoms with Gasteiger partial charge < -0.3 is 9.64 Å². The highest BCUT2D eigenvalue weighted by Crippen LogP contribution is 2.23. The van der Waals surface area contributed by atoms with E-state index in [2.05, 4.69) is 11.0 Å². The Labute approximate surface area is 145 Å². The summed E-state index contributed by atoms with van der Waals surface area (Å²) in [5, 5.41) is 20.3. The molecule has 1 aliphatic heterocycles. The molecule has 0 bridgehead atoms. The fourth-order valence-electron chi connectivity index (χ4n) is 2.74. The predicted octanol–water partition coefficient (Wildman–Crippen LogP) is 3.50. The molecule has 0 aromatic heterocycles. The molecule has 6 heteroatoms. The summed E-state index contributed by atoms with van der Waals surface area (Å²) < 4.78 is 5.35. The molecule has 0 spiro atoms. The third kappa shape index (κ3) is 4.03. The van der Waals surface area contributed by atoms with E-state index in [0.29, 0.717) is 11.1 Å². The van der Waals surface area contributed by atoms with Gasteiger partial charge in [-0.1, -0.05) is 24.3 Å². The van der Waals surface area contributed by atoms with Gasteiger partial charge >= 0.3 is 0 Å². The van der Waals surface area contributed by atoms with Gasteiger partial charge in [-0.3, -0.25) is 10.1 Å². The zero-order valence-electron chi connectivity index (χ0n) is 13.6. The maximum Gasteiger partial charge on any atom is 0.270 e. The van der Waals surface area contributed by atoms with E-state index in [9.17, 15) is 15.4 Å². The molecule has 126 valence electrons. The summed E-state index contributed by atoms with van der Waals surface area (Å²) in [5.74, 6) is 0. The van der Waals surface area contributed by atoms with Crippen molar-refractivity contribution in [2.24, 2.45) is 0 Å². The SMILES string of the molecule is N#C/C(=C/c1ccc(N2CCOCC2)cc1)c1cccc([N+](=O)[O-])c1. The van der Waals surface area contributed by atoms with Crippen LogP contribution in [0.4, 0.5) is 11.4 Å². The maximum atomic E-state index is 10.9. The van der Waals surface area contributed by atoms with Gasteiger partial charge in [0.25, 0.3) is 5.69 Å². The van der Waals surface area contributed by atoms with Gasteiger partial charge in [0.1, 0.15) is 0 Å². The zero-order chi connectivity index (χ0) is 17.6. The number of rotatable bonds is 4. The van der Waals surface area contributed by atoms with E-state index in [1.165, 1.54) is 12.1 Å². The van der Waals surface area contributed by atoms with Crippen LogP contribution in [0, 0.1) is 21.4 Å². The summed E-state index contributed by atoms with van der Waals surface area (Å²) >= 11 is 0. The van der Waals surface area contributed by atoms with Crippen molar-refractivity contribution >= 4 is 23.0 Å². The molecule has 3 rings (SSSR count). The third-order valence-electron chi connectivity index (χ3n) is 4.07. The number of benzene rings is 2. The van der Waals surface area contributed by atoms with Crippen molar-refractivity contribution in [2.45, 2.75) is 0 Å². The Morgan fingerprint density at radius 2 is 1.92 bits per heavy atom. The molecule has 0 saturated carbocycles. The zero-order valence-corrected chi connectivity index (χ0v) is 13.6. The molecule has 1 fully saturated rings. The molecule has 0 amide bonds. The molecule has 0 radical (unpaired) electrons. The highest BCUT2D eigenvalue weighted by atomic mass is 16.6. The second-order valence-electron chi connectivity index (χ2n) is 5.67. The van der Waals surface area contributed by atoms with Crippen molar-refractivity contribution in [2.75, 3.05) is 31.2 Å². The smallest absolute Gasteiger partial charge is 0.270 e. The van der Waals surface area contributed by atoms with Gasteiger partial charge in [0.2, 0.25) is 0 Å². The molecule has 0 unspecified atom stereocenters. The first-order valence-electron chi connectivity index (χ1n) is 7.97. The summed E-state index contributed by atoms with van der Waals surface area (Å²) in [6.45, 7) is 3.19. The minimum Gasteiger partial charge on any atom is -0.378 e. The standard InChI is InChI=1S/C19H17N3O3/c20-14-17(16-2-1-3-19(13-16)22(23)24)12-15-4-6-18(7-5-15)21-8-10-25-11-9-21/h1-7,12-13H,8-11H2/b17-12-. The largest absolute Gasteiger partial charge is 0.378 e. The lowest BCUT2D eigenvalue weighted by Gasteiger charge is -2.28. The van der Waals surface area contributed by atoms with Gasteiger partial charge in [0, 0.05) is 30.9 Å². The number of anilines is 1. The fraction of sp³-hybridized carbons (Fsp3) is 0.211. The number of hydrogen-bond donors (Lipinski definition) is 0. The predicted molar refractivity (Wildman–Crippen MR) is 96.1 cm³/mol. The molecular formula is C19H17N3O3. The topological polar surface area (TPSA) is 79.4 Å². The van der Waals surface area contributed by atoms with Crippen LogP contribution >= 0.6 is 0 Å². The van der Waals surface area contributed by atoms with Crippen molar-refractivity contribution < 1.29 is 9.66 Å². The lowest BCUT2D eigenvalue weighted by molar-refractivity contribution is -0.384. The Balaban J connectivity index is 1.83. The molecule has 1 aliphatic rings. The normalized spacial score (nSPS) is 14.8. The number of non-ortho nitro benzene ring substituents is 1. The van der Waals surface area contributed by atoms with E-state index in [0.717, 1.165) is 37.6 Å². The molecule has 0 atom stereocenters. The average molecular weight is 335 g/mol. The molecule has 25 heavy (non-hydrogen) atoms. The average Bonchev–Trinajstić information content (AvgIpc) is 2.67. The first-order valence-corrected chi connectivity index (χ1v) is 7.97. The summed E-state index contributed by atoms with van der Waals surface area (Å²) in [4.78, 5) is 12.7. The summed E-state index contributed by atoms with van der Waals surface area (Å²) in [5.41, 5.74) is 2.90. The molecule has 0 aliphatic carbocycles. The second-order valence-corrected chi connectivity index (χ2v) is 5.67. The lowest BCUT2D eigenvalue weighted by Crippen LogP contribution is -2.36. The molecule has 2 aromatic carbocycles. The van der Waals surface area contributed by atoms with Crippen LogP contribution in [0.1, 0.15) is 11.1 Å². The van der Waals surface area contributed by atoms with Crippen LogP contribution in [0.25, 0.3) is 11.6 Å². The molecule has 0 N–H and O–H groups in total. The van der Waals surface area contributed by atoms with Crippen LogP contribution < -0.4 is 4.90 Å². The Kier molecular flexibility index (Phi) is 5.07. The summed E-state index contributed by atoms with van der Waals surface area (Å²) in [6.07, 6.45) is 1.74. The Bertz CT molecular complexity index is 832. The van der Waals surface area contributed by atoms with E-state index < -0.39 is 4.92 Å². The van der Waals surface area contributed by atoms with Gasteiger partial charge in [0.15, 0.2) is 0 Å². The van der Waals surface area contributed by atoms with E-state index in [4.69, 9.17) is 4.74 Å². The first-order chi connectivity index (χ1) is 12.2. The number of morpholine rings is 1. The van der Waals surface area contributed by atoms with Crippen molar-refractivity contribution in [3.05, 3.63) is 69.8 Å². The van der Waals surface area contributed by atoms with Gasteiger partial charge in [0.05, 0.1) is 29.8 Å². The monoisotopic (exact) mass is 335 g/mol. The van der Waals surface area contributed by atoms with E-state index >= 15 is 0 Å². The van der Waals surface area contributed by atoms with E-state index in [1.807, 2.05) is 24.3 Å². The Morgan fingerprint density at radius 3 is 2.56 bits per heavy atom. The number of ether oxygens (including phenoxy) is 1. The van der Waals surface area contributed by atoms with Crippen LogP contribution in [0.5, 0.6) is 0 Å². The maximum absolute atomic E-state index is 10.9. The first kappa shape index (κ1) is 16.7. The van der Waals surface area contributed by atoms with E-state index in [1.54, 1.807) is 18.2 Å². The highest BCUT2D eigenvalue weighted by molar-refractivity contribution is 5.90. The minimum absolute atomic E-state index is 0.0266. The van der Waals surface area contributed by atoms with Gasteiger partial charge in [-0.05, 0) is 29.3 Å². The van der Waals surface area contributed by atoms with Crippen LogP contribution in [-0.4, -0.2) is 31.2 Å². The molecular weight excluding hydrogens is 318 g/mol. The third-order valence-corrected chi connectivity index (χ3v) is 4.07. The number of nitro groups is 1. The van der Waals surface area contributed by atoms with E-state index in [-0.39, 0.29) is 5.69 Å². The highest BCUT2D eigenvalue weighted by Gasteiger charge is 2.11. The van der Waals surface area contributed by atoms with Crippen LogP contribution in [0.3, 0.4) is 0 Å². The van der Waals surface area contributed by atoms with Crippen LogP contribution in [0.15, 0.2) is 48.5 Å². The van der Waals surface area contributed by atoms with Crippen LogP contribution in [-0.2, 0) is 4.74 Å². The molecule has 6 nitrogen and oxygen atoms in total. The molecule has 1 heterocycles. The van der Waals surface area contributed by atoms with Crippen molar-refractivity contribution in [1.82, 2.24) is 0 Å². The van der Waals surface area contributed by atoms with Crippen molar-refractivity contribution in [3.8, 4) is 6.07 Å². The summed E-state index contributed by atoms with van der Waals surface area (Å²) in [6, 6.07) is 16.1. The van der Waals surface area contributed by atoms with Crippen molar-refractivity contribution in [1.29, 1.82) is 5.26 Å². The Hall–Kier alpha value is -3.17. The van der Waals surface area contributed by atoms with Gasteiger partial charge in [-0.15, -0.1) is 0 Å². The summed E-state index contributed by atoms with van der Waals surface area (Å²) in [7, 11) is 0. The van der Waals surface area contributed by atoms with Gasteiger partial charge in [-0.2, -0.15) is 5.26 Å². The number of nitriles is 1. The number of nitro benzene ring substituents is 1. The number of hydrogen-bond acceptors (Lipinski definition) is 5. The lowest BCUT2D eigenvalue weighted by atomic mass is 10.0. The number of allylic oxidation sites excluding steroid dienone is 1. The van der Waals surface area contributed by atoms with Crippen molar-refractivity contribution in [3.63, 3.8) is 0 Å². The minimum atomic E-state index is -0.463. The van der Waals surface area contributed by atoms with Crippen LogP contribution in [0.2, 0.25) is 0 Å². The van der Waals surface area contributed by atoms with Gasteiger partial charge in [-0.25, -0.2) is 0 Å². The number of nitrogens with zero attached hydrogens (tertiary/aromatic N) is 3. The second kappa shape index (κ2) is 7.60. The quantitative estimate of drug-likeness (QED) is 0.370. The Morgan fingerprint density at radius 1 is 1.20 bits per heavy atom. The fourth-order valence-corrected chi connectivity index (χ4v) is 2.74. The molecule has 2 aromatic rings. The molecule has 1 saturated heterocycles.